The number of nitrogens with one attached hydrogen (secondary N) is 1. The molecule has 0 bridgehead atoms. The molecule has 0 saturated carbocycles. The minimum atomic E-state index is -0.159. The molecule has 0 fully saturated rings. The molecule has 0 aliphatic carbocycles. The largest absolute Gasteiger partial charge is 0.448 e. The lowest BCUT2D eigenvalue weighted by molar-refractivity contribution is 0.370. The molecule has 2 aromatic rings. The monoisotopic (exact) mass is 256 g/mol. The molecule has 0 spiro atoms. The summed E-state index contributed by atoms with van der Waals surface area (Å²) in [6.45, 7) is 4.83. The van der Waals surface area contributed by atoms with E-state index in [4.69, 9.17) is 16.0 Å². The third-order valence-electron chi connectivity index (χ3n) is 2.30. The lowest BCUT2D eigenvalue weighted by atomic mass is 10.1. The second-order valence-corrected chi connectivity index (χ2v) is 5.29. The Morgan fingerprint density at radius 2 is 2.31 bits per heavy atom. The van der Waals surface area contributed by atoms with E-state index in [1.807, 2.05) is 17.6 Å². The summed E-state index contributed by atoms with van der Waals surface area (Å²) in [6.07, 6.45) is 1.81. The SMILES string of the molecule is CC(C)(NCc1ccc(Cl)o1)c1nccs1. The van der Waals surface area contributed by atoms with E-state index in [1.165, 1.54) is 0 Å². The predicted molar refractivity (Wildman–Crippen MR) is 65.7 cm³/mol. The summed E-state index contributed by atoms with van der Waals surface area (Å²) >= 11 is 7.35. The van der Waals surface area contributed by atoms with Gasteiger partial charge < -0.3 is 4.42 Å². The molecule has 0 aliphatic rings. The fraction of sp³-hybridized carbons (Fsp3) is 0.364. The van der Waals surface area contributed by atoms with Crippen molar-refractivity contribution in [1.82, 2.24) is 10.3 Å². The Kier molecular flexibility index (Phi) is 3.33. The van der Waals surface area contributed by atoms with Crippen molar-refractivity contribution in [1.29, 1.82) is 0 Å². The Hall–Kier alpha value is -0.840. The Balaban J connectivity index is 2.00. The van der Waals surface area contributed by atoms with Crippen LogP contribution >= 0.6 is 22.9 Å². The summed E-state index contributed by atoms with van der Waals surface area (Å²) in [5.74, 6) is 0.828. The second-order valence-electron chi connectivity index (χ2n) is 4.02. The van der Waals surface area contributed by atoms with Crippen LogP contribution in [0.4, 0.5) is 0 Å². The lowest BCUT2D eigenvalue weighted by Crippen LogP contribution is -2.35. The quantitative estimate of drug-likeness (QED) is 0.911. The zero-order valence-corrected chi connectivity index (χ0v) is 10.7. The van der Waals surface area contributed by atoms with Crippen LogP contribution in [0.25, 0.3) is 0 Å². The van der Waals surface area contributed by atoms with Crippen molar-refractivity contribution in [2.75, 3.05) is 0 Å². The van der Waals surface area contributed by atoms with Gasteiger partial charge in [0.05, 0.1) is 12.1 Å². The molecule has 2 aromatic heterocycles. The molecule has 3 nitrogen and oxygen atoms in total. The van der Waals surface area contributed by atoms with Crippen LogP contribution in [0.5, 0.6) is 0 Å². The van der Waals surface area contributed by atoms with Crippen LogP contribution in [0.1, 0.15) is 24.6 Å². The third kappa shape index (κ3) is 2.64. The highest BCUT2D eigenvalue weighted by molar-refractivity contribution is 7.09. The Labute approximate surface area is 103 Å². The fourth-order valence-corrected chi connectivity index (χ4v) is 2.26. The molecule has 2 heterocycles. The van der Waals surface area contributed by atoms with Crippen LogP contribution in [0.2, 0.25) is 5.22 Å². The topological polar surface area (TPSA) is 38.1 Å². The van der Waals surface area contributed by atoms with Crippen molar-refractivity contribution in [2.45, 2.75) is 25.9 Å². The smallest absolute Gasteiger partial charge is 0.193 e. The highest BCUT2D eigenvalue weighted by Gasteiger charge is 2.22. The van der Waals surface area contributed by atoms with Gasteiger partial charge >= 0.3 is 0 Å². The van der Waals surface area contributed by atoms with Crippen LogP contribution in [0, 0.1) is 0 Å². The molecule has 0 aromatic carbocycles. The first kappa shape index (κ1) is 11.6. The van der Waals surface area contributed by atoms with Crippen molar-refractivity contribution in [3.63, 3.8) is 0 Å². The van der Waals surface area contributed by atoms with E-state index >= 15 is 0 Å². The van der Waals surface area contributed by atoms with Gasteiger partial charge in [0.15, 0.2) is 5.22 Å². The molecular weight excluding hydrogens is 244 g/mol. The first-order valence-corrected chi connectivity index (χ1v) is 6.23. The van der Waals surface area contributed by atoms with Crippen LogP contribution in [0.15, 0.2) is 28.1 Å². The first-order chi connectivity index (χ1) is 7.58. The minimum absolute atomic E-state index is 0.159. The predicted octanol–water partition coefficient (Wildman–Crippen LogP) is 3.41. The first-order valence-electron chi connectivity index (χ1n) is 4.97. The molecule has 0 aliphatic heterocycles. The Morgan fingerprint density at radius 1 is 1.50 bits per heavy atom. The van der Waals surface area contributed by atoms with E-state index in [2.05, 4.69) is 24.1 Å². The highest BCUT2D eigenvalue weighted by atomic mass is 35.5. The standard InChI is InChI=1S/C11H13ClN2OS/c1-11(2,10-13-5-6-16-10)14-7-8-3-4-9(12)15-8/h3-6,14H,7H2,1-2H3. The molecule has 0 saturated heterocycles. The molecule has 2 rings (SSSR count). The van der Waals surface area contributed by atoms with Gasteiger partial charge in [-0.1, -0.05) is 0 Å². The summed E-state index contributed by atoms with van der Waals surface area (Å²) in [4.78, 5) is 4.30. The van der Waals surface area contributed by atoms with Gasteiger partial charge in [-0.2, -0.15) is 0 Å². The van der Waals surface area contributed by atoms with Gasteiger partial charge in [-0.15, -0.1) is 11.3 Å². The maximum atomic E-state index is 5.71. The lowest BCUT2D eigenvalue weighted by Gasteiger charge is -2.23. The van der Waals surface area contributed by atoms with E-state index in [-0.39, 0.29) is 5.54 Å². The summed E-state index contributed by atoms with van der Waals surface area (Å²) in [5, 5.41) is 6.84. The number of rotatable bonds is 4. The summed E-state index contributed by atoms with van der Waals surface area (Å²) in [5.41, 5.74) is -0.159. The van der Waals surface area contributed by atoms with Gasteiger partial charge in [-0.25, -0.2) is 4.98 Å². The molecule has 0 amide bonds. The van der Waals surface area contributed by atoms with E-state index in [0.29, 0.717) is 11.8 Å². The molecular formula is C11H13ClN2OS. The van der Waals surface area contributed by atoms with Crippen molar-refractivity contribution in [3.05, 3.63) is 39.7 Å². The summed E-state index contributed by atoms with van der Waals surface area (Å²) in [6, 6.07) is 3.61. The second kappa shape index (κ2) is 4.57. The van der Waals surface area contributed by atoms with Gasteiger partial charge in [0.2, 0.25) is 0 Å². The molecule has 0 atom stereocenters. The van der Waals surface area contributed by atoms with E-state index in [9.17, 15) is 0 Å². The van der Waals surface area contributed by atoms with E-state index in [1.54, 1.807) is 17.4 Å². The molecule has 16 heavy (non-hydrogen) atoms. The van der Waals surface area contributed by atoms with Crippen molar-refractivity contribution < 1.29 is 4.42 Å². The number of halogens is 1. The normalized spacial score (nSPS) is 11.9. The molecule has 86 valence electrons. The molecule has 0 radical (unpaired) electrons. The molecule has 5 heteroatoms. The number of aromatic nitrogens is 1. The van der Waals surface area contributed by atoms with E-state index < -0.39 is 0 Å². The minimum Gasteiger partial charge on any atom is -0.448 e. The van der Waals surface area contributed by atoms with Crippen molar-refractivity contribution in [3.8, 4) is 0 Å². The highest BCUT2D eigenvalue weighted by Crippen LogP contribution is 2.23. The number of thiazole rings is 1. The zero-order valence-electron chi connectivity index (χ0n) is 9.16. The maximum absolute atomic E-state index is 5.71. The van der Waals surface area contributed by atoms with Crippen molar-refractivity contribution in [2.24, 2.45) is 0 Å². The van der Waals surface area contributed by atoms with Crippen LogP contribution in [-0.4, -0.2) is 4.98 Å². The van der Waals surface area contributed by atoms with Gasteiger partial charge in [-0.05, 0) is 37.6 Å². The Morgan fingerprint density at radius 3 is 2.88 bits per heavy atom. The van der Waals surface area contributed by atoms with Crippen LogP contribution < -0.4 is 5.32 Å². The summed E-state index contributed by atoms with van der Waals surface area (Å²) in [7, 11) is 0. The van der Waals surface area contributed by atoms with Gasteiger partial charge in [0.25, 0.3) is 0 Å². The summed E-state index contributed by atoms with van der Waals surface area (Å²) < 4.78 is 5.28. The number of hydrogen-bond acceptors (Lipinski definition) is 4. The van der Waals surface area contributed by atoms with Gasteiger partial charge in [0, 0.05) is 11.6 Å². The van der Waals surface area contributed by atoms with E-state index in [0.717, 1.165) is 10.8 Å². The Bertz CT molecular complexity index is 450. The average molecular weight is 257 g/mol. The third-order valence-corrected chi connectivity index (χ3v) is 3.60. The fourth-order valence-electron chi connectivity index (χ4n) is 1.36. The number of hydrogen-bond donors (Lipinski definition) is 1. The van der Waals surface area contributed by atoms with Gasteiger partial charge in [0.1, 0.15) is 10.8 Å². The average Bonchev–Trinajstić information content (AvgIpc) is 2.85. The molecule has 0 unspecified atom stereocenters. The number of furan rings is 1. The van der Waals surface area contributed by atoms with Crippen LogP contribution in [0.3, 0.4) is 0 Å². The van der Waals surface area contributed by atoms with Crippen LogP contribution in [-0.2, 0) is 12.1 Å². The van der Waals surface area contributed by atoms with Gasteiger partial charge in [-0.3, -0.25) is 5.32 Å². The zero-order chi connectivity index (χ0) is 11.6. The number of nitrogens with zero attached hydrogens (tertiary/aromatic N) is 1. The maximum Gasteiger partial charge on any atom is 0.193 e. The van der Waals surface area contributed by atoms with Crippen molar-refractivity contribution >= 4 is 22.9 Å². The molecule has 1 N–H and O–H groups in total.